The van der Waals surface area contributed by atoms with Crippen molar-refractivity contribution in [2.75, 3.05) is 13.1 Å². The van der Waals surface area contributed by atoms with Gasteiger partial charge in [0.2, 0.25) is 5.91 Å². The van der Waals surface area contributed by atoms with E-state index >= 15 is 0 Å². The number of hydrogen-bond acceptors (Lipinski definition) is 4. The van der Waals surface area contributed by atoms with Crippen molar-refractivity contribution in [1.29, 1.82) is 0 Å². The molecule has 2 aromatic carbocycles. The number of hydrogen-bond donors (Lipinski definition) is 1. The number of benzene rings is 2. The summed E-state index contributed by atoms with van der Waals surface area (Å²) in [5, 5.41) is 0.906. The lowest BCUT2D eigenvalue weighted by atomic mass is 9.86. The summed E-state index contributed by atoms with van der Waals surface area (Å²) in [5.74, 6) is -0.914. The van der Waals surface area contributed by atoms with Crippen LogP contribution in [-0.2, 0) is 27.8 Å². The monoisotopic (exact) mass is 601 g/mol. The minimum absolute atomic E-state index is 0.100. The molecule has 1 aliphatic carbocycles. The van der Waals surface area contributed by atoms with Crippen molar-refractivity contribution in [1.82, 2.24) is 14.7 Å². The summed E-state index contributed by atoms with van der Waals surface area (Å²) in [7, 11) is -4.25. The Balaban J connectivity index is 1.63. The topological polar surface area (TPSA) is 69.7 Å². The maximum atomic E-state index is 13.2. The van der Waals surface area contributed by atoms with E-state index in [1.165, 1.54) is 31.4 Å². The average molecular weight is 603 g/mol. The Labute approximate surface area is 224 Å². The molecule has 1 amide bonds. The van der Waals surface area contributed by atoms with Crippen molar-refractivity contribution in [3.8, 4) is 0 Å². The van der Waals surface area contributed by atoms with Crippen molar-refractivity contribution in [3.05, 3.63) is 63.6 Å². The van der Waals surface area contributed by atoms with Crippen LogP contribution in [0, 0.1) is 0 Å². The van der Waals surface area contributed by atoms with Gasteiger partial charge in [0, 0.05) is 17.4 Å². The number of nitrogens with one attached hydrogen (secondary N) is 1. The van der Waals surface area contributed by atoms with Crippen molar-refractivity contribution in [3.63, 3.8) is 0 Å². The van der Waals surface area contributed by atoms with Crippen LogP contribution in [0.5, 0.6) is 0 Å². The number of alkyl halides is 3. The van der Waals surface area contributed by atoms with Gasteiger partial charge in [-0.25, -0.2) is 8.42 Å². The van der Waals surface area contributed by atoms with Crippen molar-refractivity contribution in [2.24, 2.45) is 0 Å². The Hall–Kier alpha value is -1.95. The predicted octanol–water partition coefficient (Wildman–Crippen LogP) is 5.88. The van der Waals surface area contributed by atoms with E-state index in [0.29, 0.717) is 12.8 Å². The number of likely N-dealkylation sites (tertiary alicyclic amines) is 1. The van der Waals surface area contributed by atoms with Crippen molar-refractivity contribution in [2.45, 2.75) is 75.0 Å². The van der Waals surface area contributed by atoms with Gasteiger partial charge in [-0.15, -0.1) is 4.83 Å². The zero-order valence-corrected chi connectivity index (χ0v) is 22.8. The molecule has 0 bridgehead atoms. The molecule has 0 aromatic heterocycles. The van der Waals surface area contributed by atoms with E-state index in [4.69, 9.17) is 0 Å². The number of amides is 1. The molecule has 202 valence electrons. The van der Waals surface area contributed by atoms with Crippen LogP contribution in [0.25, 0.3) is 0 Å². The maximum absolute atomic E-state index is 13.2. The SMILES string of the molecule is O=C(CCC(F)(F)F)N(NS(=O)(=O)c1ccccc1Br)[C@@H]1CCCc2cc(CN3CCCCC3)ccc21. The predicted molar refractivity (Wildman–Crippen MR) is 138 cm³/mol. The molecule has 1 aliphatic heterocycles. The fourth-order valence-electron chi connectivity index (χ4n) is 5.08. The number of halogens is 4. The molecular formula is C26H31BrF3N3O3S. The van der Waals surface area contributed by atoms with E-state index in [9.17, 15) is 26.4 Å². The minimum atomic E-state index is -4.53. The summed E-state index contributed by atoms with van der Waals surface area (Å²) in [4.78, 5) is 17.7. The Morgan fingerprint density at radius 1 is 1.08 bits per heavy atom. The number of rotatable bonds is 8. The number of nitrogens with zero attached hydrogens (tertiary/aromatic N) is 2. The Morgan fingerprint density at radius 3 is 2.51 bits per heavy atom. The van der Waals surface area contributed by atoms with Crippen LogP contribution in [0.3, 0.4) is 0 Å². The molecule has 0 saturated carbocycles. The first-order chi connectivity index (χ1) is 17.5. The van der Waals surface area contributed by atoms with Gasteiger partial charge in [-0.05, 0) is 89.9 Å². The second-order valence-electron chi connectivity index (χ2n) is 9.68. The first-order valence-corrected chi connectivity index (χ1v) is 14.8. The number of hydrazine groups is 1. The van der Waals surface area contributed by atoms with Gasteiger partial charge in [0.1, 0.15) is 0 Å². The lowest BCUT2D eigenvalue weighted by Gasteiger charge is -2.36. The van der Waals surface area contributed by atoms with Crippen LogP contribution in [0.4, 0.5) is 13.2 Å². The van der Waals surface area contributed by atoms with Gasteiger partial charge in [0.05, 0.1) is 17.4 Å². The van der Waals surface area contributed by atoms with Crippen LogP contribution in [0.15, 0.2) is 51.8 Å². The van der Waals surface area contributed by atoms with E-state index in [-0.39, 0.29) is 9.37 Å². The smallest absolute Gasteiger partial charge is 0.299 e. The van der Waals surface area contributed by atoms with Gasteiger partial charge in [-0.2, -0.15) is 13.2 Å². The highest BCUT2D eigenvalue weighted by Crippen LogP contribution is 2.36. The molecule has 1 saturated heterocycles. The summed E-state index contributed by atoms with van der Waals surface area (Å²) >= 11 is 3.21. The van der Waals surface area contributed by atoms with Gasteiger partial charge in [0.25, 0.3) is 10.0 Å². The van der Waals surface area contributed by atoms with Crippen molar-refractivity contribution >= 4 is 31.9 Å². The lowest BCUT2D eigenvalue weighted by Crippen LogP contribution is -2.49. The number of sulfonamides is 1. The number of carbonyl (C=O) groups excluding carboxylic acids is 1. The normalized spacial score (nSPS) is 18.9. The van der Waals surface area contributed by atoms with Crippen LogP contribution in [-0.4, -0.2) is 43.5 Å². The standard InChI is InChI=1S/C26H31BrF3N3O3S/c27-22-8-2-3-10-24(22)37(35,36)31-33(25(34)13-14-26(28,29)30)23-9-6-7-20-17-19(11-12-21(20)23)18-32-15-4-1-5-16-32/h2-3,8,10-12,17,23,31H,1,4-7,9,13-16,18H2/t23-/m1/s1. The van der Waals surface area contributed by atoms with Gasteiger partial charge in [-0.3, -0.25) is 14.7 Å². The minimum Gasteiger partial charge on any atom is -0.299 e. The second kappa shape index (κ2) is 11.8. The van der Waals surface area contributed by atoms with E-state index in [0.717, 1.165) is 47.8 Å². The molecule has 4 rings (SSSR count). The Kier molecular flexibility index (Phi) is 8.98. The second-order valence-corrected chi connectivity index (χ2v) is 12.2. The highest BCUT2D eigenvalue weighted by atomic mass is 79.9. The summed E-state index contributed by atoms with van der Waals surface area (Å²) < 4.78 is 65.6. The van der Waals surface area contributed by atoms with Crippen LogP contribution in [0.1, 0.15) is 67.7 Å². The van der Waals surface area contributed by atoms with Gasteiger partial charge < -0.3 is 0 Å². The molecular weight excluding hydrogens is 571 g/mol. The quantitative estimate of drug-likeness (QED) is 0.384. The third-order valence-electron chi connectivity index (χ3n) is 6.89. The van der Waals surface area contributed by atoms with E-state index in [1.54, 1.807) is 12.1 Å². The lowest BCUT2D eigenvalue weighted by molar-refractivity contribution is -0.151. The molecule has 6 nitrogen and oxygen atoms in total. The number of carbonyl (C=O) groups is 1. The summed E-state index contributed by atoms with van der Waals surface area (Å²) in [6, 6.07) is 11.4. The molecule has 1 atom stereocenters. The molecule has 1 heterocycles. The van der Waals surface area contributed by atoms with E-state index in [2.05, 4.69) is 31.7 Å². The van der Waals surface area contributed by atoms with Crippen molar-refractivity contribution < 1.29 is 26.4 Å². The highest BCUT2D eigenvalue weighted by Gasteiger charge is 2.36. The first-order valence-electron chi connectivity index (χ1n) is 12.5. The zero-order chi connectivity index (χ0) is 26.6. The largest absolute Gasteiger partial charge is 0.389 e. The Bertz CT molecular complexity index is 1220. The highest BCUT2D eigenvalue weighted by molar-refractivity contribution is 9.10. The molecule has 1 N–H and O–H groups in total. The summed E-state index contributed by atoms with van der Waals surface area (Å²) in [6.07, 6.45) is -1.21. The molecule has 0 radical (unpaired) electrons. The number of piperidine rings is 1. The zero-order valence-electron chi connectivity index (χ0n) is 20.4. The number of fused-ring (bicyclic) bond motifs is 1. The Morgan fingerprint density at radius 2 is 1.81 bits per heavy atom. The number of aryl methyl sites for hydroxylation is 1. The molecule has 2 aromatic rings. The van der Waals surface area contributed by atoms with Crippen LogP contribution < -0.4 is 4.83 Å². The van der Waals surface area contributed by atoms with E-state index in [1.807, 2.05) is 12.1 Å². The molecule has 11 heteroatoms. The van der Waals surface area contributed by atoms with E-state index < -0.39 is 41.0 Å². The third kappa shape index (κ3) is 7.34. The summed E-state index contributed by atoms with van der Waals surface area (Å²) in [5.41, 5.74) is 2.91. The molecule has 1 fully saturated rings. The first kappa shape index (κ1) is 28.1. The third-order valence-corrected chi connectivity index (χ3v) is 9.22. The van der Waals surface area contributed by atoms with Gasteiger partial charge >= 0.3 is 6.18 Å². The average Bonchev–Trinajstić information content (AvgIpc) is 2.86. The molecule has 0 unspecified atom stereocenters. The molecule has 37 heavy (non-hydrogen) atoms. The summed E-state index contributed by atoms with van der Waals surface area (Å²) in [6.45, 7) is 2.93. The van der Waals surface area contributed by atoms with Gasteiger partial charge in [0.15, 0.2) is 0 Å². The fraction of sp³-hybridized carbons (Fsp3) is 0.500. The van der Waals surface area contributed by atoms with Crippen LogP contribution in [0.2, 0.25) is 0 Å². The van der Waals surface area contributed by atoms with Gasteiger partial charge in [-0.1, -0.05) is 36.8 Å². The fourth-order valence-corrected chi connectivity index (χ4v) is 7.18. The molecule has 0 spiro atoms. The maximum Gasteiger partial charge on any atom is 0.389 e. The molecule has 2 aliphatic rings. The van der Waals surface area contributed by atoms with Crippen LogP contribution >= 0.6 is 15.9 Å².